The van der Waals surface area contributed by atoms with Gasteiger partial charge < -0.3 is 15.4 Å². The predicted octanol–water partition coefficient (Wildman–Crippen LogP) is 2.53. The van der Waals surface area contributed by atoms with Gasteiger partial charge in [0, 0.05) is 24.7 Å². The Bertz CT molecular complexity index is 544. The molecule has 3 rings (SSSR count). The van der Waals surface area contributed by atoms with Gasteiger partial charge in [-0.2, -0.15) is 0 Å². The number of likely N-dealkylation sites (tertiary alicyclic amines) is 1. The molecule has 4 heteroatoms. The Labute approximate surface area is 132 Å². The molecule has 2 fully saturated rings. The highest BCUT2D eigenvalue weighted by molar-refractivity contribution is 5.94. The van der Waals surface area contributed by atoms with Crippen LogP contribution in [0.2, 0.25) is 0 Å². The molecule has 1 saturated heterocycles. The SMILES string of the molecule is CC(C)COc1cccc(C(=O)N2CC3CCC(N)C3C2)c1. The Hall–Kier alpha value is -1.55. The third-order valence-corrected chi connectivity index (χ3v) is 4.86. The first-order valence-corrected chi connectivity index (χ1v) is 8.32. The van der Waals surface area contributed by atoms with E-state index in [2.05, 4.69) is 13.8 Å². The van der Waals surface area contributed by atoms with Crippen molar-refractivity contribution < 1.29 is 9.53 Å². The number of hydrogen-bond acceptors (Lipinski definition) is 3. The molecule has 2 N–H and O–H groups in total. The Morgan fingerprint density at radius 3 is 2.91 bits per heavy atom. The topological polar surface area (TPSA) is 55.6 Å². The van der Waals surface area contributed by atoms with E-state index in [-0.39, 0.29) is 11.9 Å². The first-order chi connectivity index (χ1) is 10.5. The Morgan fingerprint density at radius 2 is 2.18 bits per heavy atom. The summed E-state index contributed by atoms with van der Waals surface area (Å²) < 4.78 is 5.72. The summed E-state index contributed by atoms with van der Waals surface area (Å²) in [5, 5.41) is 0. The van der Waals surface area contributed by atoms with Crippen LogP contribution in [0.1, 0.15) is 37.0 Å². The summed E-state index contributed by atoms with van der Waals surface area (Å²) in [7, 11) is 0. The van der Waals surface area contributed by atoms with Crippen molar-refractivity contribution in [2.75, 3.05) is 19.7 Å². The average molecular weight is 302 g/mol. The smallest absolute Gasteiger partial charge is 0.254 e. The Kier molecular flexibility index (Phi) is 4.39. The molecule has 1 aliphatic carbocycles. The quantitative estimate of drug-likeness (QED) is 0.930. The summed E-state index contributed by atoms with van der Waals surface area (Å²) in [4.78, 5) is 14.7. The van der Waals surface area contributed by atoms with Crippen LogP contribution in [0.4, 0.5) is 0 Å². The van der Waals surface area contributed by atoms with Crippen molar-refractivity contribution in [3.8, 4) is 5.75 Å². The lowest BCUT2D eigenvalue weighted by Crippen LogP contribution is -2.33. The van der Waals surface area contributed by atoms with Gasteiger partial charge in [0.1, 0.15) is 5.75 Å². The van der Waals surface area contributed by atoms with Gasteiger partial charge in [-0.1, -0.05) is 19.9 Å². The van der Waals surface area contributed by atoms with Crippen molar-refractivity contribution in [3.05, 3.63) is 29.8 Å². The summed E-state index contributed by atoms with van der Waals surface area (Å²) in [6, 6.07) is 7.81. The number of amides is 1. The normalized spacial score (nSPS) is 27.3. The van der Waals surface area contributed by atoms with Crippen LogP contribution >= 0.6 is 0 Å². The summed E-state index contributed by atoms with van der Waals surface area (Å²) in [5.41, 5.74) is 6.87. The molecule has 1 heterocycles. The number of carbonyl (C=O) groups is 1. The summed E-state index contributed by atoms with van der Waals surface area (Å²) >= 11 is 0. The summed E-state index contributed by atoms with van der Waals surface area (Å²) in [6.07, 6.45) is 2.27. The number of ether oxygens (including phenoxy) is 1. The number of nitrogens with two attached hydrogens (primary N) is 1. The number of fused-ring (bicyclic) bond motifs is 1. The molecular weight excluding hydrogens is 276 g/mol. The lowest BCUT2D eigenvalue weighted by molar-refractivity contribution is 0.0779. The van der Waals surface area contributed by atoms with Crippen molar-refractivity contribution in [3.63, 3.8) is 0 Å². The second-order valence-corrected chi connectivity index (χ2v) is 7.11. The van der Waals surface area contributed by atoms with E-state index in [4.69, 9.17) is 10.5 Å². The first-order valence-electron chi connectivity index (χ1n) is 8.32. The monoisotopic (exact) mass is 302 g/mol. The van der Waals surface area contributed by atoms with E-state index in [0.717, 1.165) is 37.2 Å². The van der Waals surface area contributed by atoms with Crippen molar-refractivity contribution in [1.82, 2.24) is 4.90 Å². The van der Waals surface area contributed by atoms with Crippen molar-refractivity contribution in [2.24, 2.45) is 23.5 Å². The fraction of sp³-hybridized carbons (Fsp3) is 0.611. The lowest BCUT2D eigenvalue weighted by atomic mass is 9.98. The van der Waals surface area contributed by atoms with Gasteiger partial charge in [-0.25, -0.2) is 0 Å². The van der Waals surface area contributed by atoms with E-state index in [1.165, 1.54) is 0 Å². The number of benzene rings is 1. The fourth-order valence-electron chi connectivity index (χ4n) is 3.64. The van der Waals surface area contributed by atoms with E-state index < -0.39 is 0 Å². The maximum atomic E-state index is 12.7. The molecule has 3 unspecified atom stereocenters. The van der Waals surface area contributed by atoms with Crippen molar-refractivity contribution in [1.29, 1.82) is 0 Å². The molecule has 0 radical (unpaired) electrons. The zero-order valence-electron chi connectivity index (χ0n) is 13.5. The van der Waals surface area contributed by atoms with Crippen LogP contribution in [0.15, 0.2) is 24.3 Å². The fourth-order valence-corrected chi connectivity index (χ4v) is 3.64. The van der Waals surface area contributed by atoms with Gasteiger partial charge in [0.15, 0.2) is 0 Å². The molecular formula is C18H26N2O2. The second-order valence-electron chi connectivity index (χ2n) is 7.11. The van der Waals surface area contributed by atoms with Crippen molar-refractivity contribution >= 4 is 5.91 Å². The highest BCUT2D eigenvalue weighted by atomic mass is 16.5. The Morgan fingerprint density at radius 1 is 1.36 bits per heavy atom. The molecule has 22 heavy (non-hydrogen) atoms. The van der Waals surface area contributed by atoms with Gasteiger partial charge in [0.05, 0.1) is 6.61 Å². The summed E-state index contributed by atoms with van der Waals surface area (Å²) in [5.74, 6) is 2.44. The highest BCUT2D eigenvalue weighted by Crippen LogP contribution is 2.37. The van der Waals surface area contributed by atoms with E-state index in [1.807, 2.05) is 29.2 Å². The van der Waals surface area contributed by atoms with Crippen LogP contribution in [0.5, 0.6) is 5.75 Å². The largest absolute Gasteiger partial charge is 0.493 e. The molecule has 4 nitrogen and oxygen atoms in total. The third-order valence-electron chi connectivity index (χ3n) is 4.86. The van der Waals surface area contributed by atoms with Gasteiger partial charge in [0.2, 0.25) is 0 Å². The van der Waals surface area contributed by atoms with Crippen LogP contribution in [0.25, 0.3) is 0 Å². The van der Waals surface area contributed by atoms with Crippen molar-refractivity contribution in [2.45, 2.75) is 32.7 Å². The first kappa shape index (κ1) is 15.3. The van der Waals surface area contributed by atoms with E-state index in [1.54, 1.807) is 0 Å². The minimum absolute atomic E-state index is 0.108. The highest BCUT2D eigenvalue weighted by Gasteiger charge is 2.42. The zero-order chi connectivity index (χ0) is 15.7. The third kappa shape index (κ3) is 3.12. The van der Waals surface area contributed by atoms with E-state index in [0.29, 0.717) is 24.4 Å². The molecule has 2 aliphatic rings. The standard InChI is InChI=1S/C18H26N2O2/c1-12(2)11-22-15-5-3-4-13(8-15)18(21)20-9-14-6-7-17(19)16(14)10-20/h3-5,8,12,14,16-17H,6-7,9-11,19H2,1-2H3. The van der Waals surface area contributed by atoms with Gasteiger partial charge in [-0.15, -0.1) is 0 Å². The molecule has 1 aliphatic heterocycles. The lowest BCUT2D eigenvalue weighted by Gasteiger charge is -2.19. The van der Waals surface area contributed by atoms with Gasteiger partial charge in [0.25, 0.3) is 5.91 Å². The maximum Gasteiger partial charge on any atom is 0.254 e. The molecule has 0 bridgehead atoms. The van der Waals surface area contributed by atoms with Crippen LogP contribution in [-0.4, -0.2) is 36.5 Å². The minimum Gasteiger partial charge on any atom is -0.493 e. The second kappa shape index (κ2) is 6.29. The maximum absolute atomic E-state index is 12.7. The molecule has 1 saturated carbocycles. The average Bonchev–Trinajstić information content (AvgIpc) is 3.07. The number of hydrogen-bond donors (Lipinski definition) is 1. The van der Waals surface area contributed by atoms with E-state index >= 15 is 0 Å². The number of nitrogens with zero attached hydrogens (tertiary/aromatic N) is 1. The molecule has 0 aromatic heterocycles. The molecule has 1 amide bonds. The van der Waals surface area contributed by atoms with Crippen LogP contribution in [0, 0.1) is 17.8 Å². The number of rotatable bonds is 4. The van der Waals surface area contributed by atoms with E-state index in [9.17, 15) is 4.79 Å². The molecule has 1 aromatic rings. The Balaban J connectivity index is 1.66. The summed E-state index contributed by atoms with van der Waals surface area (Å²) in [6.45, 7) is 6.55. The molecule has 3 atom stereocenters. The van der Waals surface area contributed by atoms with Gasteiger partial charge in [-0.05, 0) is 48.8 Å². The van der Waals surface area contributed by atoms with Gasteiger partial charge in [-0.3, -0.25) is 4.79 Å². The number of carbonyl (C=O) groups excluding carboxylic acids is 1. The van der Waals surface area contributed by atoms with Crippen LogP contribution in [-0.2, 0) is 0 Å². The minimum atomic E-state index is 0.108. The van der Waals surface area contributed by atoms with Crippen LogP contribution < -0.4 is 10.5 Å². The molecule has 1 aromatic carbocycles. The molecule has 120 valence electrons. The van der Waals surface area contributed by atoms with Crippen LogP contribution in [0.3, 0.4) is 0 Å². The predicted molar refractivity (Wildman–Crippen MR) is 86.9 cm³/mol. The zero-order valence-corrected chi connectivity index (χ0v) is 13.5. The molecule has 0 spiro atoms. The van der Waals surface area contributed by atoms with Gasteiger partial charge >= 0.3 is 0 Å².